The number of rotatable bonds is 19. The van der Waals surface area contributed by atoms with Crippen LogP contribution in [0.2, 0.25) is 0 Å². The highest BCUT2D eigenvalue weighted by Crippen LogP contribution is 2.56. The number of esters is 2. The van der Waals surface area contributed by atoms with Gasteiger partial charge in [0.15, 0.2) is 6.10 Å². The van der Waals surface area contributed by atoms with Crippen LogP contribution in [0.25, 0.3) is 0 Å². The van der Waals surface area contributed by atoms with Crippen molar-refractivity contribution in [2.24, 2.45) is 17.8 Å². The second kappa shape index (κ2) is 16.5. The highest BCUT2D eigenvalue weighted by Gasteiger charge is 2.84. The Bertz CT molecular complexity index is 1380. The van der Waals surface area contributed by atoms with E-state index in [1.807, 2.05) is 51.1 Å². The Morgan fingerprint density at radius 2 is 1.73 bits per heavy atom. The number of carbonyl (C=O) groups is 5. The van der Waals surface area contributed by atoms with Gasteiger partial charge >= 0.3 is 29.5 Å². The zero-order valence-electron chi connectivity index (χ0n) is 28.3. The number of hydrogen-bond acceptors (Lipinski definition) is 13. The Morgan fingerprint density at radius 3 is 2.31 bits per heavy atom. The first kappa shape index (κ1) is 39.3. The quantitative estimate of drug-likeness (QED) is 0.0478. The fraction of sp³-hybridized carbons (Fsp3) is 0.571. The summed E-state index contributed by atoms with van der Waals surface area (Å²) in [7, 11) is 0. The van der Waals surface area contributed by atoms with Crippen molar-refractivity contribution in [2.75, 3.05) is 0 Å². The summed E-state index contributed by atoms with van der Waals surface area (Å²) in [6.45, 7) is 12.5. The molecule has 2 aliphatic heterocycles. The van der Waals surface area contributed by atoms with Crippen molar-refractivity contribution in [3.63, 3.8) is 0 Å². The van der Waals surface area contributed by atoms with Crippen LogP contribution in [0.5, 0.6) is 0 Å². The first-order valence-electron chi connectivity index (χ1n) is 16.1. The molecule has 2 aliphatic rings. The first-order chi connectivity index (χ1) is 23.1. The maximum Gasteiger partial charge on any atom is 0.340 e. The summed E-state index contributed by atoms with van der Waals surface area (Å²) in [5, 5.41) is 33.3. The van der Waals surface area contributed by atoms with Crippen molar-refractivity contribution in [1.82, 2.24) is 0 Å². The van der Waals surface area contributed by atoms with Crippen LogP contribution in [-0.2, 0) is 58.8 Å². The van der Waals surface area contributed by atoms with Crippen LogP contribution in [0, 0.1) is 17.8 Å². The zero-order valence-corrected chi connectivity index (χ0v) is 28.3. The Labute approximate surface area is 284 Å². The van der Waals surface area contributed by atoms with Gasteiger partial charge in [0, 0.05) is 25.3 Å². The molecular weight excluding hydrogens is 644 g/mol. The van der Waals surface area contributed by atoms with Gasteiger partial charge in [0.25, 0.3) is 12.9 Å². The molecule has 3 rings (SSSR count). The summed E-state index contributed by atoms with van der Waals surface area (Å²) in [6.07, 6.45) is -3.47. The fourth-order valence-corrected chi connectivity index (χ4v) is 6.37. The van der Waals surface area contributed by atoms with E-state index in [9.17, 15) is 39.3 Å². The largest absolute Gasteiger partial charge is 0.479 e. The number of benzene rings is 1. The number of hydrogen-bond donors (Lipinski definition) is 3. The van der Waals surface area contributed by atoms with Gasteiger partial charge in [0.1, 0.15) is 6.10 Å². The lowest BCUT2D eigenvalue weighted by atomic mass is 9.88. The lowest BCUT2D eigenvalue weighted by Crippen LogP contribution is -2.74. The number of fused-ring (bicyclic) bond motifs is 2. The number of ether oxygens (including phenoxy) is 6. The fourth-order valence-electron chi connectivity index (χ4n) is 6.37. The number of aliphatic hydroxyl groups is 2. The van der Waals surface area contributed by atoms with Crippen molar-refractivity contribution in [3.05, 3.63) is 60.2 Å². The highest BCUT2D eigenvalue weighted by atomic mass is 16.9. The summed E-state index contributed by atoms with van der Waals surface area (Å²) in [6, 6.07) is 9.41. The molecule has 2 bridgehead atoms. The van der Waals surface area contributed by atoms with Gasteiger partial charge in [-0.25, -0.2) is 9.59 Å². The van der Waals surface area contributed by atoms with Gasteiger partial charge in [-0.05, 0) is 42.2 Å². The van der Waals surface area contributed by atoms with E-state index in [4.69, 9.17) is 28.4 Å². The van der Waals surface area contributed by atoms with Crippen LogP contribution in [0.4, 0.5) is 0 Å². The molecular formula is C35H46O14. The molecule has 49 heavy (non-hydrogen) atoms. The molecule has 2 fully saturated rings. The second-order valence-electron chi connectivity index (χ2n) is 12.8. The summed E-state index contributed by atoms with van der Waals surface area (Å²) in [5.41, 5.74) is 1.29. The number of carboxylic acids is 1. The standard InChI is InChI=1S/C35H46O14/c1-7-21(2)17-22(3)13-14-27(39)47-30-29(40)33(48-31(32(41)42)34(43,44-19-36)35(30,49-33)45-20-37)16-15-23(4)28(46-25(6)38)24(5)18-26-11-9-8-10-12-26/h8-14,19-22,24,28-31,40,43H,4,7,15-18H2,1-3,5-6H3,(H,41,42)/b14-13+/t21-,22?,24+,28+,29+,30+,31?,33?,34?,35?/m0/s1. The molecule has 14 nitrogen and oxygen atoms in total. The molecule has 0 radical (unpaired) electrons. The smallest absolute Gasteiger partial charge is 0.340 e. The molecule has 2 saturated heterocycles. The Morgan fingerprint density at radius 1 is 1.08 bits per heavy atom. The lowest BCUT2D eigenvalue weighted by molar-refractivity contribution is -0.477. The van der Waals surface area contributed by atoms with Crippen molar-refractivity contribution in [3.8, 4) is 0 Å². The van der Waals surface area contributed by atoms with E-state index in [1.54, 1.807) is 6.08 Å². The van der Waals surface area contributed by atoms with E-state index in [2.05, 4.69) is 13.5 Å². The number of carbonyl (C=O) groups excluding carboxylic acids is 4. The molecule has 1 aromatic rings. The molecule has 14 heteroatoms. The molecule has 0 aromatic heterocycles. The maximum absolute atomic E-state index is 13.1. The molecule has 0 aliphatic carbocycles. The molecule has 0 saturated carbocycles. The minimum Gasteiger partial charge on any atom is -0.479 e. The van der Waals surface area contributed by atoms with Crippen molar-refractivity contribution in [1.29, 1.82) is 0 Å². The SMILES string of the molecule is C=C(CCC12OC(C(=O)O)C(O)(OC=O)C(OC=O)(O1)[C@H](OC(=O)/C=C/C(C)C[C@@H](C)CC)[C@H]2O)[C@@H](OC(C)=O)[C@H](C)Cc1ccccc1. The van der Waals surface area contributed by atoms with Crippen molar-refractivity contribution in [2.45, 2.75) is 108 Å². The molecule has 0 spiro atoms. The van der Waals surface area contributed by atoms with Crippen molar-refractivity contribution >= 4 is 30.9 Å². The molecule has 1 aromatic carbocycles. The van der Waals surface area contributed by atoms with Crippen LogP contribution in [0.1, 0.15) is 65.9 Å². The summed E-state index contributed by atoms with van der Waals surface area (Å²) >= 11 is 0. The molecule has 2 heterocycles. The van der Waals surface area contributed by atoms with Crippen LogP contribution >= 0.6 is 0 Å². The molecule has 5 unspecified atom stereocenters. The normalized spacial score (nSPS) is 30.0. The van der Waals surface area contributed by atoms with E-state index < -0.39 is 66.1 Å². The van der Waals surface area contributed by atoms with E-state index in [1.165, 1.54) is 6.92 Å². The predicted octanol–water partition coefficient (Wildman–Crippen LogP) is 2.98. The first-order valence-corrected chi connectivity index (χ1v) is 16.1. The zero-order chi connectivity index (χ0) is 36.6. The van der Waals surface area contributed by atoms with E-state index in [0.717, 1.165) is 24.5 Å². The van der Waals surface area contributed by atoms with E-state index in [-0.39, 0.29) is 31.2 Å². The monoisotopic (exact) mass is 690 g/mol. The Kier molecular flexibility index (Phi) is 13.3. The summed E-state index contributed by atoms with van der Waals surface area (Å²) in [4.78, 5) is 61.0. The van der Waals surface area contributed by atoms with Gasteiger partial charge in [0.05, 0.1) is 0 Å². The minimum atomic E-state index is -3.46. The van der Waals surface area contributed by atoms with E-state index >= 15 is 0 Å². The van der Waals surface area contributed by atoms with Gasteiger partial charge in [-0.3, -0.25) is 19.1 Å². The van der Waals surface area contributed by atoms with Crippen LogP contribution < -0.4 is 0 Å². The average Bonchev–Trinajstić information content (AvgIpc) is 3.25. The summed E-state index contributed by atoms with van der Waals surface area (Å²) < 4.78 is 32.4. The van der Waals surface area contributed by atoms with Crippen molar-refractivity contribution < 1.29 is 67.7 Å². The van der Waals surface area contributed by atoms with Crippen LogP contribution in [-0.4, -0.2) is 87.9 Å². The van der Waals surface area contributed by atoms with Gasteiger partial charge in [-0.15, -0.1) is 0 Å². The molecule has 10 atom stereocenters. The minimum absolute atomic E-state index is 0.0616. The summed E-state index contributed by atoms with van der Waals surface area (Å²) in [5.74, 6) is -12.6. The Hall–Kier alpha value is -4.11. The Balaban J connectivity index is 1.99. The lowest BCUT2D eigenvalue weighted by Gasteiger charge is -2.49. The van der Waals surface area contributed by atoms with Crippen LogP contribution in [0.3, 0.4) is 0 Å². The second-order valence-corrected chi connectivity index (χ2v) is 12.8. The van der Waals surface area contributed by atoms with E-state index in [0.29, 0.717) is 17.9 Å². The number of carboxylic acid groups (broad SMARTS) is 1. The number of aliphatic hydroxyl groups excluding tert-OH is 1. The number of aliphatic carboxylic acids is 1. The molecule has 270 valence electrons. The highest BCUT2D eigenvalue weighted by molar-refractivity contribution is 5.82. The van der Waals surface area contributed by atoms with Gasteiger partial charge in [0.2, 0.25) is 18.0 Å². The third-order valence-corrected chi connectivity index (χ3v) is 8.97. The van der Waals surface area contributed by atoms with Gasteiger partial charge in [-0.2, -0.15) is 0 Å². The third kappa shape index (κ3) is 8.55. The van der Waals surface area contributed by atoms with Gasteiger partial charge in [-0.1, -0.05) is 77.1 Å². The topological polar surface area (TPSA) is 201 Å². The van der Waals surface area contributed by atoms with Crippen LogP contribution in [0.15, 0.2) is 54.6 Å². The average molecular weight is 691 g/mol. The molecule has 3 N–H and O–H groups in total. The molecule has 0 amide bonds. The predicted molar refractivity (Wildman–Crippen MR) is 170 cm³/mol. The maximum atomic E-state index is 13.1. The number of allylic oxidation sites excluding steroid dienone is 1. The van der Waals surface area contributed by atoms with Gasteiger partial charge < -0.3 is 39.0 Å². The third-order valence-electron chi connectivity index (χ3n) is 8.97.